The van der Waals surface area contributed by atoms with Crippen molar-refractivity contribution in [2.75, 3.05) is 29.9 Å². The van der Waals surface area contributed by atoms with Crippen LogP contribution < -0.4 is 10.2 Å². The Bertz CT molecular complexity index is 1150. The summed E-state index contributed by atoms with van der Waals surface area (Å²) in [5, 5.41) is 11.8. The number of aromatic nitrogens is 2. The summed E-state index contributed by atoms with van der Waals surface area (Å²) in [5.74, 6) is -0.202. The number of piperidine rings is 1. The Morgan fingerprint density at radius 2 is 1.84 bits per heavy atom. The molecule has 0 unspecified atom stereocenters. The Kier molecular flexibility index (Phi) is 6.40. The van der Waals surface area contributed by atoms with Crippen LogP contribution in [0.15, 0.2) is 36.4 Å². The van der Waals surface area contributed by atoms with E-state index in [0.717, 1.165) is 18.9 Å². The molecule has 1 aliphatic rings. The van der Waals surface area contributed by atoms with Crippen LogP contribution in [0.2, 0.25) is 0 Å². The van der Waals surface area contributed by atoms with Crippen molar-refractivity contribution < 1.29 is 17.6 Å². The number of nitrogens with one attached hydrogen (secondary N) is 1. The second kappa shape index (κ2) is 9.39. The molecule has 9 heteroatoms. The summed E-state index contributed by atoms with van der Waals surface area (Å²) < 4.78 is 52.8. The molecule has 32 heavy (non-hydrogen) atoms. The van der Waals surface area contributed by atoms with E-state index >= 15 is 0 Å². The number of fused-ring (bicyclic) bond motifs is 1. The molecule has 3 aromatic rings. The molecule has 0 bridgehead atoms. The molecule has 0 saturated carbocycles. The molecular weight excluding hydrogens is 422 g/mol. The smallest absolute Gasteiger partial charge is 0.255 e. The van der Waals surface area contributed by atoms with E-state index in [-0.39, 0.29) is 11.7 Å². The first kappa shape index (κ1) is 21.8. The number of hydrogen-bond acceptors (Lipinski definition) is 5. The maximum Gasteiger partial charge on any atom is 0.255 e. The van der Waals surface area contributed by atoms with Gasteiger partial charge in [-0.3, -0.25) is 0 Å². The molecule has 2 heterocycles. The molecule has 166 valence electrons. The van der Waals surface area contributed by atoms with Gasteiger partial charge in [-0.05, 0) is 55.0 Å². The van der Waals surface area contributed by atoms with E-state index in [2.05, 4.69) is 21.4 Å². The minimum absolute atomic E-state index is 0.210. The zero-order valence-electron chi connectivity index (χ0n) is 17.2. The van der Waals surface area contributed by atoms with Gasteiger partial charge in [-0.1, -0.05) is 6.07 Å². The van der Waals surface area contributed by atoms with Crippen LogP contribution in [0.3, 0.4) is 0 Å². The molecule has 1 aliphatic heterocycles. The number of benzene rings is 2. The molecule has 0 radical (unpaired) electrons. The summed E-state index contributed by atoms with van der Waals surface area (Å²) in [7, 11) is 0. The first-order valence-corrected chi connectivity index (χ1v) is 10.4. The van der Waals surface area contributed by atoms with Crippen molar-refractivity contribution in [3.8, 4) is 6.07 Å². The van der Waals surface area contributed by atoms with Gasteiger partial charge in [0.05, 0.1) is 29.2 Å². The Labute approximate surface area is 182 Å². The van der Waals surface area contributed by atoms with Crippen LogP contribution in [0.4, 0.5) is 29.2 Å². The van der Waals surface area contributed by atoms with Crippen molar-refractivity contribution >= 4 is 22.7 Å². The third-order valence-electron chi connectivity index (χ3n) is 5.64. The highest BCUT2D eigenvalue weighted by Crippen LogP contribution is 2.31. The highest BCUT2D eigenvalue weighted by atomic mass is 19.3. The van der Waals surface area contributed by atoms with Crippen LogP contribution >= 0.6 is 0 Å². The van der Waals surface area contributed by atoms with Gasteiger partial charge in [0.15, 0.2) is 11.6 Å². The quantitative estimate of drug-likeness (QED) is 0.548. The normalized spacial score (nSPS) is 14.7. The van der Waals surface area contributed by atoms with E-state index in [1.165, 1.54) is 12.1 Å². The van der Waals surface area contributed by atoms with E-state index < -0.39 is 24.6 Å². The summed E-state index contributed by atoms with van der Waals surface area (Å²) >= 11 is 0. The minimum atomic E-state index is -2.54. The molecule has 1 aromatic heterocycles. The second-order valence-corrected chi connectivity index (χ2v) is 7.85. The number of nitrogens with zero attached hydrogens (tertiary/aromatic N) is 4. The first-order chi connectivity index (χ1) is 15.4. The van der Waals surface area contributed by atoms with E-state index in [4.69, 9.17) is 5.26 Å². The predicted molar refractivity (Wildman–Crippen MR) is 114 cm³/mol. The maximum atomic E-state index is 14.0. The molecule has 1 saturated heterocycles. The van der Waals surface area contributed by atoms with Gasteiger partial charge < -0.3 is 10.2 Å². The van der Waals surface area contributed by atoms with Crippen molar-refractivity contribution in [1.82, 2.24) is 9.97 Å². The maximum absolute atomic E-state index is 14.0. The van der Waals surface area contributed by atoms with Gasteiger partial charge in [0.25, 0.3) is 6.43 Å². The SMILES string of the molecule is N#Cc1ccc2nc(NCC(F)F)c(N3CCC(Cc4ccc(F)cc4F)CC3)nc2c1. The highest BCUT2D eigenvalue weighted by Gasteiger charge is 2.24. The average molecular weight is 443 g/mol. The van der Waals surface area contributed by atoms with Gasteiger partial charge in [0.1, 0.15) is 11.6 Å². The van der Waals surface area contributed by atoms with Crippen LogP contribution in [0, 0.1) is 28.9 Å². The molecule has 2 aromatic carbocycles. The second-order valence-electron chi connectivity index (χ2n) is 7.85. The number of rotatable bonds is 6. The van der Waals surface area contributed by atoms with Crippen LogP contribution in [-0.2, 0) is 6.42 Å². The van der Waals surface area contributed by atoms with Gasteiger partial charge in [-0.2, -0.15) is 5.26 Å². The summed E-state index contributed by atoms with van der Waals surface area (Å²) in [5.41, 5.74) is 1.94. The molecule has 0 aliphatic carbocycles. The molecule has 5 nitrogen and oxygen atoms in total. The lowest BCUT2D eigenvalue weighted by molar-refractivity contribution is 0.163. The third-order valence-corrected chi connectivity index (χ3v) is 5.64. The molecule has 0 spiro atoms. The van der Waals surface area contributed by atoms with Crippen molar-refractivity contribution in [3.63, 3.8) is 0 Å². The Morgan fingerprint density at radius 3 is 2.53 bits per heavy atom. The van der Waals surface area contributed by atoms with Crippen molar-refractivity contribution in [1.29, 1.82) is 5.26 Å². The lowest BCUT2D eigenvalue weighted by Crippen LogP contribution is -2.35. The van der Waals surface area contributed by atoms with E-state index in [1.54, 1.807) is 18.2 Å². The Balaban J connectivity index is 1.54. The summed E-state index contributed by atoms with van der Waals surface area (Å²) in [6.45, 7) is 0.633. The minimum Gasteiger partial charge on any atom is -0.361 e. The number of hydrogen-bond donors (Lipinski definition) is 1. The van der Waals surface area contributed by atoms with Crippen molar-refractivity contribution in [2.45, 2.75) is 25.7 Å². The van der Waals surface area contributed by atoms with Crippen molar-refractivity contribution in [2.24, 2.45) is 5.92 Å². The van der Waals surface area contributed by atoms with Crippen LogP contribution in [0.5, 0.6) is 0 Å². The Hall–Kier alpha value is -3.41. The molecule has 1 fully saturated rings. The van der Waals surface area contributed by atoms with Gasteiger partial charge in [0.2, 0.25) is 0 Å². The third kappa shape index (κ3) is 4.90. The summed E-state index contributed by atoms with van der Waals surface area (Å²) in [6, 6.07) is 10.6. The summed E-state index contributed by atoms with van der Waals surface area (Å²) in [4.78, 5) is 11.1. The standard InChI is InChI=1S/C23H21F4N5/c24-17-3-2-16(18(25)11-17)9-14-5-7-32(8-6-14)23-22(29-13-21(26)27)30-19-4-1-15(12-28)10-20(19)31-23/h1-4,10-11,14,21H,5-9,13H2,(H,29,30). The lowest BCUT2D eigenvalue weighted by Gasteiger charge is -2.33. The zero-order valence-corrected chi connectivity index (χ0v) is 17.2. The molecule has 0 amide bonds. The monoisotopic (exact) mass is 443 g/mol. The number of alkyl halides is 2. The van der Waals surface area contributed by atoms with E-state index in [1.807, 2.05) is 4.90 Å². The zero-order chi connectivity index (χ0) is 22.7. The van der Waals surface area contributed by atoms with Gasteiger partial charge >= 0.3 is 0 Å². The average Bonchev–Trinajstić information content (AvgIpc) is 2.79. The predicted octanol–water partition coefficient (Wildman–Crippen LogP) is 4.92. The van der Waals surface area contributed by atoms with E-state index in [0.29, 0.717) is 47.5 Å². The van der Waals surface area contributed by atoms with Crippen LogP contribution in [-0.4, -0.2) is 36.0 Å². The van der Waals surface area contributed by atoms with E-state index in [9.17, 15) is 17.6 Å². The van der Waals surface area contributed by atoms with Crippen LogP contribution in [0.25, 0.3) is 11.0 Å². The van der Waals surface area contributed by atoms with Gasteiger partial charge in [-0.15, -0.1) is 0 Å². The molecule has 4 rings (SSSR count). The number of anilines is 2. The fraction of sp³-hybridized carbons (Fsp3) is 0.348. The Morgan fingerprint density at radius 1 is 1.06 bits per heavy atom. The molecular formula is C23H21F4N5. The molecule has 1 N–H and O–H groups in total. The summed E-state index contributed by atoms with van der Waals surface area (Å²) in [6.07, 6.45) is -0.560. The first-order valence-electron chi connectivity index (χ1n) is 10.4. The number of nitriles is 1. The van der Waals surface area contributed by atoms with Gasteiger partial charge in [-0.25, -0.2) is 27.5 Å². The highest BCUT2D eigenvalue weighted by molar-refractivity contribution is 5.81. The molecule has 0 atom stereocenters. The fourth-order valence-electron chi connectivity index (χ4n) is 3.97. The number of halogens is 4. The topological polar surface area (TPSA) is 64.8 Å². The van der Waals surface area contributed by atoms with Crippen LogP contribution in [0.1, 0.15) is 24.0 Å². The van der Waals surface area contributed by atoms with Crippen molar-refractivity contribution in [3.05, 3.63) is 59.2 Å². The largest absolute Gasteiger partial charge is 0.361 e. The van der Waals surface area contributed by atoms with Gasteiger partial charge in [0, 0.05) is 19.2 Å². The fourth-order valence-corrected chi connectivity index (χ4v) is 3.97. The lowest BCUT2D eigenvalue weighted by atomic mass is 9.90.